The standard InChI is InChI=1S/C24H28ClFN4O6/c1-3-14-11-35-12-16-22-28-19(20(32)24(34)30(14)22)23(33)27-10-13-7-8-15(26)18(25)21(13)36-9-5-4-6-17(31)29(16)2/h7-8,14,16,32H,3-6,9-12H2,1-2H3,(H,27,33). The van der Waals surface area contributed by atoms with Gasteiger partial charge in [0.05, 0.1) is 25.9 Å². The van der Waals surface area contributed by atoms with Crippen LogP contribution in [0.1, 0.15) is 66.6 Å². The molecule has 0 aliphatic carbocycles. The SMILES string of the molecule is CCC1COCC2c3nc(c(O)c(=O)n31)C(=O)NCc1ccc(F)c(Cl)c1OCCCCC(=O)N2C. The lowest BCUT2D eigenvalue weighted by Gasteiger charge is -2.28. The van der Waals surface area contributed by atoms with Crippen LogP contribution >= 0.6 is 11.6 Å². The number of aromatic nitrogens is 2. The van der Waals surface area contributed by atoms with Gasteiger partial charge < -0.3 is 24.8 Å². The number of carbonyl (C=O) groups is 2. The molecule has 0 saturated carbocycles. The van der Waals surface area contributed by atoms with Crippen LogP contribution in [0.3, 0.4) is 0 Å². The van der Waals surface area contributed by atoms with Crippen molar-refractivity contribution in [2.24, 2.45) is 0 Å². The number of aromatic hydroxyl groups is 1. The highest BCUT2D eigenvalue weighted by Gasteiger charge is 2.34. The number of amides is 2. The molecule has 2 N–H and O–H groups in total. The number of nitrogens with zero attached hydrogens (tertiary/aromatic N) is 3. The molecule has 12 heteroatoms. The highest BCUT2D eigenvalue weighted by Crippen LogP contribution is 2.32. The van der Waals surface area contributed by atoms with Crippen molar-refractivity contribution in [3.63, 3.8) is 0 Å². The van der Waals surface area contributed by atoms with Gasteiger partial charge in [-0.3, -0.25) is 19.0 Å². The summed E-state index contributed by atoms with van der Waals surface area (Å²) in [7, 11) is 1.59. The topological polar surface area (TPSA) is 123 Å². The fourth-order valence-electron chi connectivity index (χ4n) is 4.37. The smallest absolute Gasteiger partial charge is 0.296 e. The average Bonchev–Trinajstić information content (AvgIpc) is 3.05. The molecule has 0 radical (unpaired) electrons. The molecule has 2 aliphatic rings. The summed E-state index contributed by atoms with van der Waals surface area (Å²) in [4.78, 5) is 45.1. The van der Waals surface area contributed by atoms with E-state index in [4.69, 9.17) is 21.1 Å². The lowest BCUT2D eigenvalue weighted by atomic mass is 10.1. The minimum absolute atomic E-state index is 0.0784. The van der Waals surface area contributed by atoms with E-state index in [1.807, 2.05) is 6.92 Å². The Morgan fingerprint density at radius 1 is 1.25 bits per heavy atom. The van der Waals surface area contributed by atoms with Crippen LogP contribution in [-0.4, -0.2) is 58.2 Å². The first-order valence-electron chi connectivity index (χ1n) is 11.8. The molecule has 2 amide bonds. The predicted molar refractivity (Wildman–Crippen MR) is 128 cm³/mol. The van der Waals surface area contributed by atoms with E-state index in [2.05, 4.69) is 10.3 Å². The highest BCUT2D eigenvalue weighted by molar-refractivity contribution is 6.32. The molecule has 2 unspecified atom stereocenters. The van der Waals surface area contributed by atoms with Gasteiger partial charge in [0.1, 0.15) is 28.5 Å². The Balaban J connectivity index is 1.82. The summed E-state index contributed by atoms with van der Waals surface area (Å²) in [6.07, 6.45) is 1.70. The summed E-state index contributed by atoms with van der Waals surface area (Å²) in [5.74, 6) is -2.27. The zero-order chi connectivity index (χ0) is 26.0. The number of ether oxygens (including phenoxy) is 2. The molecule has 0 fully saturated rings. The van der Waals surface area contributed by atoms with Gasteiger partial charge in [-0.15, -0.1) is 0 Å². The van der Waals surface area contributed by atoms with Gasteiger partial charge in [0.2, 0.25) is 11.7 Å². The summed E-state index contributed by atoms with van der Waals surface area (Å²) < 4.78 is 26.9. The molecule has 36 heavy (non-hydrogen) atoms. The molecule has 10 nitrogen and oxygen atoms in total. The van der Waals surface area contributed by atoms with Crippen molar-refractivity contribution in [3.8, 4) is 11.5 Å². The Morgan fingerprint density at radius 2 is 2.03 bits per heavy atom. The molecule has 0 saturated heterocycles. The van der Waals surface area contributed by atoms with Gasteiger partial charge in [-0.05, 0) is 25.3 Å². The zero-order valence-corrected chi connectivity index (χ0v) is 20.8. The second kappa shape index (κ2) is 10.8. The lowest BCUT2D eigenvalue weighted by molar-refractivity contribution is -0.133. The first-order valence-corrected chi connectivity index (χ1v) is 12.2. The van der Waals surface area contributed by atoms with E-state index in [0.29, 0.717) is 24.8 Å². The molecule has 2 bridgehead atoms. The first kappa shape index (κ1) is 25.9. The number of rotatable bonds is 1. The number of benzene rings is 1. The van der Waals surface area contributed by atoms with Gasteiger partial charge in [-0.25, -0.2) is 9.37 Å². The van der Waals surface area contributed by atoms with Gasteiger partial charge in [-0.2, -0.15) is 0 Å². The third-order valence-corrected chi connectivity index (χ3v) is 6.87. The van der Waals surface area contributed by atoms with Crippen LogP contribution in [0.5, 0.6) is 11.5 Å². The highest BCUT2D eigenvalue weighted by atomic mass is 35.5. The third-order valence-electron chi connectivity index (χ3n) is 6.52. The van der Waals surface area contributed by atoms with Crippen molar-refractivity contribution >= 4 is 23.4 Å². The molecule has 2 aromatic rings. The maximum Gasteiger partial charge on any atom is 0.296 e. The predicted octanol–water partition coefficient (Wildman–Crippen LogP) is 2.71. The third kappa shape index (κ3) is 4.90. The van der Waals surface area contributed by atoms with Crippen molar-refractivity contribution in [1.82, 2.24) is 19.8 Å². The average molecular weight is 523 g/mol. The number of halogens is 2. The van der Waals surface area contributed by atoms with Gasteiger partial charge in [-0.1, -0.05) is 24.6 Å². The molecule has 2 aliphatic heterocycles. The molecular weight excluding hydrogens is 495 g/mol. The number of likely N-dealkylation sites (N-methyl/N-ethyl adjacent to an activating group) is 1. The second-order valence-electron chi connectivity index (χ2n) is 8.80. The van der Waals surface area contributed by atoms with Gasteiger partial charge >= 0.3 is 0 Å². The summed E-state index contributed by atoms with van der Waals surface area (Å²) >= 11 is 6.11. The molecule has 0 spiro atoms. The van der Waals surface area contributed by atoms with E-state index in [9.17, 15) is 23.9 Å². The second-order valence-corrected chi connectivity index (χ2v) is 9.18. The Hall–Kier alpha value is -3.18. The largest absolute Gasteiger partial charge is 0.501 e. The monoisotopic (exact) mass is 522 g/mol. The molecular formula is C24H28ClFN4O6. The fraction of sp³-hybridized carbons (Fsp3) is 0.500. The Kier molecular flexibility index (Phi) is 7.79. The van der Waals surface area contributed by atoms with Crippen molar-refractivity contribution < 1.29 is 28.6 Å². The van der Waals surface area contributed by atoms with Crippen LogP contribution in [0.2, 0.25) is 5.02 Å². The van der Waals surface area contributed by atoms with Crippen LogP contribution in [0.4, 0.5) is 4.39 Å². The van der Waals surface area contributed by atoms with E-state index in [1.54, 1.807) is 7.05 Å². The summed E-state index contributed by atoms with van der Waals surface area (Å²) in [6.45, 7) is 2.21. The van der Waals surface area contributed by atoms with Gasteiger partial charge in [0, 0.05) is 25.6 Å². The van der Waals surface area contributed by atoms with Crippen molar-refractivity contribution in [3.05, 3.63) is 50.4 Å². The molecule has 1 aromatic heterocycles. The first-order chi connectivity index (χ1) is 17.2. The quantitative estimate of drug-likeness (QED) is 0.590. The fourth-order valence-corrected chi connectivity index (χ4v) is 4.61. The maximum absolute atomic E-state index is 14.1. The van der Waals surface area contributed by atoms with Crippen LogP contribution in [0.25, 0.3) is 0 Å². The van der Waals surface area contributed by atoms with E-state index in [-0.39, 0.29) is 55.3 Å². The van der Waals surface area contributed by atoms with E-state index >= 15 is 0 Å². The summed E-state index contributed by atoms with van der Waals surface area (Å²) in [5.41, 5.74) is -0.860. The number of hydrogen-bond donors (Lipinski definition) is 2. The molecule has 194 valence electrons. The number of hydrogen-bond acceptors (Lipinski definition) is 7. The van der Waals surface area contributed by atoms with E-state index in [1.165, 1.54) is 15.5 Å². The molecule has 3 heterocycles. The maximum atomic E-state index is 14.1. The van der Waals surface area contributed by atoms with Gasteiger partial charge in [0.15, 0.2) is 5.69 Å². The Morgan fingerprint density at radius 3 is 2.78 bits per heavy atom. The van der Waals surface area contributed by atoms with Crippen LogP contribution in [0, 0.1) is 5.82 Å². The van der Waals surface area contributed by atoms with Crippen molar-refractivity contribution in [1.29, 1.82) is 0 Å². The van der Waals surface area contributed by atoms with E-state index < -0.39 is 40.8 Å². The molecule has 4 rings (SSSR count). The summed E-state index contributed by atoms with van der Waals surface area (Å²) in [6, 6.07) is 1.42. The summed E-state index contributed by atoms with van der Waals surface area (Å²) in [5, 5.41) is 13.0. The normalized spacial score (nSPS) is 21.3. The van der Waals surface area contributed by atoms with Crippen molar-refractivity contribution in [2.45, 2.75) is 51.2 Å². The minimum Gasteiger partial charge on any atom is -0.501 e. The van der Waals surface area contributed by atoms with Crippen LogP contribution in [-0.2, 0) is 16.1 Å². The minimum atomic E-state index is -0.822. The van der Waals surface area contributed by atoms with Crippen LogP contribution < -0.4 is 15.6 Å². The Bertz CT molecular complexity index is 1240. The van der Waals surface area contributed by atoms with E-state index in [0.717, 1.165) is 6.07 Å². The van der Waals surface area contributed by atoms with Crippen molar-refractivity contribution in [2.75, 3.05) is 26.9 Å². The number of carbonyl (C=O) groups excluding carboxylic acids is 2. The molecule has 2 atom stereocenters. The zero-order valence-electron chi connectivity index (χ0n) is 20.1. The van der Waals surface area contributed by atoms with Crippen LogP contribution in [0.15, 0.2) is 16.9 Å². The Labute approximate surface area is 212 Å². The van der Waals surface area contributed by atoms with Gasteiger partial charge in [0.25, 0.3) is 11.5 Å². The molecule has 1 aromatic carbocycles. The number of fused-ring (bicyclic) bond motifs is 2. The number of nitrogens with one attached hydrogen (secondary N) is 1. The lowest BCUT2D eigenvalue weighted by Crippen LogP contribution is -2.39.